The number of methoxy groups -OCH3 is 1. The number of carbonyl (C=O) groups excluding carboxylic acids is 2. The average Bonchev–Trinajstić information content (AvgIpc) is 3.45. The number of likely N-dealkylation sites (tertiary alicyclic amines) is 1. The van der Waals surface area contributed by atoms with Crippen molar-refractivity contribution >= 4 is 17.5 Å². The molecule has 0 radical (unpaired) electrons. The third-order valence-electron chi connectivity index (χ3n) is 6.86. The van der Waals surface area contributed by atoms with E-state index in [2.05, 4.69) is 25.7 Å². The maximum atomic E-state index is 13.1. The number of nitrogens with zero attached hydrogens (tertiary/aromatic N) is 3. The monoisotopic (exact) mass is 525 g/mol. The molecular weight excluding hydrogens is 494 g/mol. The maximum Gasteiger partial charge on any atom is 0.253 e. The first kappa shape index (κ1) is 26.1. The molecule has 39 heavy (non-hydrogen) atoms. The number of nitrogens with one attached hydrogen (secondary N) is 2. The molecule has 0 bridgehead atoms. The standard InChI is InChI=1S/C30H31N5O4/c1-38-24-13-11-22(12-14-24)28-33-27(39-34-28)20-35-17-15-23(16-18-35)29(36)32-26-10-6-5-9-25(26)30(37)31-19-21-7-3-2-4-8-21/h2-14,23H,15-20H2,1H3,(H,31,37)(H,32,36). The minimum absolute atomic E-state index is 0.0717. The third kappa shape index (κ3) is 6.69. The number of ether oxygens (including phenoxy) is 1. The van der Waals surface area contributed by atoms with Crippen molar-refractivity contribution in [2.75, 3.05) is 25.5 Å². The topological polar surface area (TPSA) is 110 Å². The van der Waals surface area contributed by atoms with Crippen LogP contribution in [0.2, 0.25) is 0 Å². The Kier molecular flexibility index (Phi) is 8.28. The summed E-state index contributed by atoms with van der Waals surface area (Å²) in [5, 5.41) is 10.0. The molecule has 1 fully saturated rings. The lowest BCUT2D eigenvalue weighted by atomic mass is 9.95. The second kappa shape index (κ2) is 12.4. The molecule has 9 nitrogen and oxygen atoms in total. The first-order chi connectivity index (χ1) is 19.1. The van der Waals surface area contributed by atoms with Crippen LogP contribution in [-0.4, -0.2) is 47.1 Å². The fourth-order valence-electron chi connectivity index (χ4n) is 4.62. The second-order valence-electron chi connectivity index (χ2n) is 9.49. The highest BCUT2D eigenvalue weighted by molar-refractivity contribution is 6.04. The minimum Gasteiger partial charge on any atom is -0.497 e. The summed E-state index contributed by atoms with van der Waals surface area (Å²) >= 11 is 0. The highest BCUT2D eigenvalue weighted by atomic mass is 16.5. The zero-order valence-electron chi connectivity index (χ0n) is 21.8. The predicted molar refractivity (Wildman–Crippen MR) is 147 cm³/mol. The highest BCUT2D eigenvalue weighted by Crippen LogP contribution is 2.24. The molecule has 2 amide bonds. The molecule has 9 heteroatoms. The van der Waals surface area contributed by atoms with E-state index >= 15 is 0 Å². The number of carbonyl (C=O) groups is 2. The lowest BCUT2D eigenvalue weighted by Crippen LogP contribution is -2.38. The zero-order valence-corrected chi connectivity index (χ0v) is 21.8. The molecule has 0 saturated carbocycles. The molecule has 2 N–H and O–H groups in total. The summed E-state index contributed by atoms with van der Waals surface area (Å²) in [6, 6.07) is 24.3. The van der Waals surface area contributed by atoms with Gasteiger partial charge in [0.2, 0.25) is 17.6 Å². The van der Waals surface area contributed by atoms with Crippen LogP contribution in [0.15, 0.2) is 83.4 Å². The van der Waals surface area contributed by atoms with Crippen molar-refractivity contribution in [2.24, 2.45) is 5.92 Å². The van der Waals surface area contributed by atoms with Gasteiger partial charge in [-0.15, -0.1) is 0 Å². The van der Waals surface area contributed by atoms with Crippen molar-refractivity contribution in [1.29, 1.82) is 0 Å². The Morgan fingerprint density at radius 1 is 0.974 bits per heavy atom. The highest BCUT2D eigenvalue weighted by Gasteiger charge is 2.27. The van der Waals surface area contributed by atoms with Gasteiger partial charge < -0.3 is 19.9 Å². The van der Waals surface area contributed by atoms with Crippen LogP contribution in [0.1, 0.15) is 34.7 Å². The zero-order chi connectivity index (χ0) is 27.0. The smallest absolute Gasteiger partial charge is 0.253 e. The molecule has 3 aromatic carbocycles. The van der Waals surface area contributed by atoms with Crippen LogP contribution in [0, 0.1) is 5.92 Å². The van der Waals surface area contributed by atoms with Crippen molar-refractivity contribution < 1.29 is 18.8 Å². The molecule has 1 aliphatic heterocycles. The molecular formula is C30H31N5O4. The summed E-state index contributed by atoms with van der Waals surface area (Å²) < 4.78 is 10.7. The van der Waals surface area contributed by atoms with Crippen LogP contribution >= 0.6 is 0 Å². The van der Waals surface area contributed by atoms with Crippen LogP contribution in [-0.2, 0) is 17.9 Å². The SMILES string of the molecule is COc1ccc(-c2noc(CN3CCC(C(=O)Nc4ccccc4C(=O)NCc4ccccc4)CC3)n2)cc1. The van der Waals surface area contributed by atoms with E-state index < -0.39 is 0 Å². The largest absolute Gasteiger partial charge is 0.497 e. The maximum absolute atomic E-state index is 13.1. The first-order valence-corrected chi connectivity index (χ1v) is 13.0. The van der Waals surface area contributed by atoms with E-state index in [1.54, 1.807) is 25.3 Å². The minimum atomic E-state index is -0.224. The molecule has 0 aliphatic carbocycles. The van der Waals surface area contributed by atoms with Crippen LogP contribution in [0.25, 0.3) is 11.4 Å². The van der Waals surface area contributed by atoms with Crippen molar-refractivity contribution in [3.05, 3.63) is 95.9 Å². The number of rotatable bonds is 9. The normalized spacial score (nSPS) is 14.1. The van der Waals surface area contributed by atoms with Gasteiger partial charge in [0.1, 0.15) is 5.75 Å². The predicted octanol–water partition coefficient (Wildman–Crippen LogP) is 4.53. The average molecular weight is 526 g/mol. The summed E-state index contributed by atoms with van der Waals surface area (Å²) in [6.07, 6.45) is 1.40. The van der Waals surface area contributed by atoms with Gasteiger partial charge in [-0.1, -0.05) is 47.6 Å². The Balaban J connectivity index is 1.12. The number of hydrogen-bond acceptors (Lipinski definition) is 7. The van der Waals surface area contributed by atoms with Gasteiger partial charge >= 0.3 is 0 Å². The fourth-order valence-corrected chi connectivity index (χ4v) is 4.62. The Labute approximate surface area is 227 Å². The summed E-state index contributed by atoms with van der Waals surface area (Å²) in [5.74, 6) is 1.41. The molecule has 4 aromatic rings. The summed E-state index contributed by atoms with van der Waals surface area (Å²) in [6.45, 7) is 2.42. The fraction of sp³-hybridized carbons (Fsp3) is 0.267. The van der Waals surface area contributed by atoms with Crippen molar-refractivity contribution in [3.8, 4) is 17.1 Å². The lowest BCUT2D eigenvalue weighted by Gasteiger charge is -2.30. The number of benzene rings is 3. The molecule has 0 atom stereocenters. The number of anilines is 1. The van der Waals surface area contributed by atoms with E-state index in [9.17, 15) is 9.59 Å². The summed E-state index contributed by atoms with van der Waals surface area (Å²) in [4.78, 5) is 32.7. The van der Waals surface area contributed by atoms with Crippen molar-refractivity contribution in [1.82, 2.24) is 20.4 Å². The Morgan fingerprint density at radius 3 is 2.44 bits per heavy atom. The molecule has 200 valence electrons. The third-order valence-corrected chi connectivity index (χ3v) is 6.86. The number of aromatic nitrogens is 2. The van der Waals surface area contributed by atoms with Gasteiger partial charge in [0.05, 0.1) is 24.9 Å². The van der Waals surface area contributed by atoms with Gasteiger partial charge in [-0.2, -0.15) is 4.98 Å². The van der Waals surface area contributed by atoms with Gasteiger partial charge in [0.25, 0.3) is 5.91 Å². The summed E-state index contributed by atoms with van der Waals surface area (Å²) in [5.41, 5.74) is 2.84. The molecule has 0 spiro atoms. The molecule has 1 saturated heterocycles. The van der Waals surface area contributed by atoms with E-state index in [-0.39, 0.29) is 17.7 Å². The van der Waals surface area contributed by atoms with Gasteiger partial charge in [-0.25, -0.2) is 0 Å². The first-order valence-electron chi connectivity index (χ1n) is 13.0. The van der Waals surface area contributed by atoms with Gasteiger partial charge in [0.15, 0.2) is 0 Å². The van der Waals surface area contributed by atoms with E-state index in [4.69, 9.17) is 9.26 Å². The van der Waals surface area contributed by atoms with E-state index in [1.807, 2.05) is 60.7 Å². The van der Waals surface area contributed by atoms with Crippen LogP contribution in [0.4, 0.5) is 5.69 Å². The number of para-hydroxylation sites is 1. The molecule has 2 heterocycles. The number of hydrogen-bond donors (Lipinski definition) is 2. The quantitative estimate of drug-likeness (QED) is 0.331. The lowest BCUT2D eigenvalue weighted by molar-refractivity contribution is -0.121. The van der Waals surface area contributed by atoms with Gasteiger partial charge in [-0.3, -0.25) is 14.5 Å². The van der Waals surface area contributed by atoms with E-state index in [0.29, 0.717) is 48.9 Å². The molecule has 1 aromatic heterocycles. The van der Waals surface area contributed by atoms with Crippen LogP contribution in [0.3, 0.4) is 0 Å². The van der Waals surface area contributed by atoms with E-state index in [1.165, 1.54) is 0 Å². The van der Waals surface area contributed by atoms with E-state index in [0.717, 1.165) is 30.0 Å². The molecule has 0 unspecified atom stereocenters. The Bertz CT molecular complexity index is 1400. The number of piperidine rings is 1. The number of amides is 2. The Morgan fingerprint density at radius 2 is 1.69 bits per heavy atom. The Hall–Kier alpha value is -4.50. The van der Waals surface area contributed by atoms with Crippen molar-refractivity contribution in [3.63, 3.8) is 0 Å². The van der Waals surface area contributed by atoms with Gasteiger partial charge in [0, 0.05) is 18.0 Å². The van der Waals surface area contributed by atoms with Gasteiger partial charge in [-0.05, 0) is 67.9 Å². The van der Waals surface area contributed by atoms with Crippen LogP contribution in [0.5, 0.6) is 5.75 Å². The summed E-state index contributed by atoms with van der Waals surface area (Å²) in [7, 11) is 1.62. The van der Waals surface area contributed by atoms with Crippen molar-refractivity contribution in [2.45, 2.75) is 25.9 Å². The molecule has 5 rings (SSSR count). The molecule has 1 aliphatic rings. The van der Waals surface area contributed by atoms with Crippen LogP contribution < -0.4 is 15.4 Å². The second-order valence-corrected chi connectivity index (χ2v) is 9.49.